The third-order valence-electron chi connectivity index (χ3n) is 4.39. The number of rotatable bonds is 5. The molecule has 1 heterocycles. The van der Waals surface area contributed by atoms with Crippen molar-refractivity contribution in [1.82, 2.24) is 10.2 Å². The van der Waals surface area contributed by atoms with Crippen molar-refractivity contribution in [2.24, 2.45) is 5.92 Å². The van der Waals surface area contributed by atoms with Crippen LogP contribution in [0, 0.1) is 5.92 Å². The van der Waals surface area contributed by atoms with E-state index in [1.807, 2.05) is 23.1 Å². The van der Waals surface area contributed by atoms with Crippen LogP contribution in [-0.2, 0) is 16.0 Å². The summed E-state index contributed by atoms with van der Waals surface area (Å²) in [6, 6.07) is 9.66. The third-order valence-corrected chi connectivity index (χ3v) is 4.39. The molecule has 1 saturated heterocycles. The largest absolute Gasteiger partial charge is 0.343 e. The lowest BCUT2D eigenvalue weighted by molar-refractivity contribution is -0.149. The zero-order chi connectivity index (χ0) is 14.8. The highest BCUT2D eigenvalue weighted by atomic mass is 16.2. The molecule has 2 amide bonds. The van der Waals surface area contributed by atoms with E-state index < -0.39 is 0 Å². The summed E-state index contributed by atoms with van der Waals surface area (Å²) in [6.45, 7) is 2.44. The topological polar surface area (TPSA) is 49.4 Å². The first-order chi connectivity index (χ1) is 10.2. The molecule has 1 saturated carbocycles. The highest BCUT2D eigenvalue weighted by Gasteiger charge is 2.46. The van der Waals surface area contributed by atoms with E-state index in [9.17, 15) is 9.59 Å². The maximum Gasteiger partial charge on any atom is 0.245 e. The van der Waals surface area contributed by atoms with E-state index in [1.165, 1.54) is 5.56 Å². The molecule has 1 aromatic rings. The summed E-state index contributed by atoms with van der Waals surface area (Å²) in [5.74, 6) is 0.474. The van der Waals surface area contributed by atoms with E-state index >= 15 is 0 Å². The van der Waals surface area contributed by atoms with Gasteiger partial charge >= 0.3 is 0 Å². The van der Waals surface area contributed by atoms with Crippen molar-refractivity contribution in [2.45, 2.75) is 44.7 Å². The molecule has 2 aliphatic rings. The van der Waals surface area contributed by atoms with Crippen LogP contribution in [0.1, 0.15) is 31.7 Å². The molecule has 21 heavy (non-hydrogen) atoms. The highest BCUT2D eigenvalue weighted by molar-refractivity contribution is 5.97. The number of carbonyl (C=O) groups is 2. The Morgan fingerprint density at radius 1 is 1.19 bits per heavy atom. The molecule has 1 aromatic carbocycles. The summed E-state index contributed by atoms with van der Waals surface area (Å²) in [4.78, 5) is 26.4. The highest BCUT2D eigenvalue weighted by Crippen LogP contribution is 2.37. The summed E-state index contributed by atoms with van der Waals surface area (Å²) >= 11 is 0. The summed E-state index contributed by atoms with van der Waals surface area (Å²) in [6.07, 6.45) is 3.97. The molecule has 0 aromatic heterocycles. The van der Waals surface area contributed by atoms with Gasteiger partial charge < -0.3 is 10.2 Å². The molecule has 2 unspecified atom stereocenters. The van der Waals surface area contributed by atoms with Crippen molar-refractivity contribution in [3.63, 3.8) is 0 Å². The lowest BCUT2D eigenvalue weighted by Crippen LogP contribution is -2.63. The van der Waals surface area contributed by atoms with Crippen LogP contribution in [0.2, 0.25) is 0 Å². The Morgan fingerprint density at radius 3 is 2.57 bits per heavy atom. The normalized spacial score (nSPS) is 25.9. The monoisotopic (exact) mass is 286 g/mol. The Morgan fingerprint density at radius 2 is 1.90 bits per heavy atom. The lowest BCUT2D eigenvalue weighted by Gasteiger charge is -2.38. The molecule has 2 fully saturated rings. The second kappa shape index (κ2) is 5.88. The number of amides is 2. The van der Waals surface area contributed by atoms with Crippen molar-refractivity contribution in [3.05, 3.63) is 35.9 Å². The maximum atomic E-state index is 12.4. The van der Waals surface area contributed by atoms with Crippen molar-refractivity contribution >= 4 is 11.8 Å². The predicted molar refractivity (Wildman–Crippen MR) is 80.6 cm³/mol. The minimum Gasteiger partial charge on any atom is -0.343 e. The summed E-state index contributed by atoms with van der Waals surface area (Å²) < 4.78 is 0. The Balaban J connectivity index is 1.63. The standard InChI is InChI=1S/C17H22N2O2/c1-12-17(21)19(15(14-9-10-14)16(20)18-12)11-5-8-13-6-3-2-4-7-13/h2-4,6-7,12,14-15H,5,8-11H2,1H3,(H,18,20). The van der Waals surface area contributed by atoms with Gasteiger partial charge in [-0.3, -0.25) is 9.59 Å². The summed E-state index contributed by atoms with van der Waals surface area (Å²) in [5, 5.41) is 2.81. The molecule has 0 spiro atoms. The Labute approximate surface area is 125 Å². The van der Waals surface area contributed by atoms with Gasteiger partial charge in [-0.1, -0.05) is 30.3 Å². The first-order valence-corrected chi connectivity index (χ1v) is 7.81. The second-order valence-electron chi connectivity index (χ2n) is 6.13. The average Bonchev–Trinajstić information content (AvgIpc) is 3.30. The van der Waals surface area contributed by atoms with Crippen LogP contribution in [-0.4, -0.2) is 35.3 Å². The van der Waals surface area contributed by atoms with E-state index in [4.69, 9.17) is 0 Å². The summed E-state index contributed by atoms with van der Waals surface area (Å²) in [7, 11) is 0. The number of hydrogen-bond acceptors (Lipinski definition) is 2. The number of benzene rings is 1. The van der Waals surface area contributed by atoms with Crippen molar-refractivity contribution in [2.75, 3.05) is 6.54 Å². The van der Waals surface area contributed by atoms with Crippen molar-refractivity contribution in [1.29, 1.82) is 0 Å². The summed E-state index contributed by atoms with van der Waals surface area (Å²) in [5.41, 5.74) is 1.28. The van der Waals surface area contributed by atoms with Crippen LogP contribution in [0.4, 0.5) is 0 Å². The molecule has 1 N–H and O–H groups in total. The smallest absolute Gasteiger partial charge is 0.245 e. The molecule has 4 nitrogen and oxygen atoms in total. The minimum absolute atomic E-state index is 0.0318. The van der Waals surface area contributed by atoms with E-state index in [0.29, 0.717) is 12.5 Å². The first-order valence-electron chi connectivity index (χ1n) is 7.81. The van der Waals surface area contributed by atoms with Gasteiger partial charge in [0.05, 0.1) is 0 Å². The van der Waals surface area contributed by atoms with Gasteiger partial charge in [0.25, 0.3) is 0 Å². The Kier molecular flexibility index (Phi) is 3.95. The zero-order valence-electron chi connectivity index (χ0n) is 12.4. The van der Waals surface area contributed by atoms with Crippen LogP contribution < -0.4 is 5.32 Å². The fraction of sp³-hybridized carbons (Fsp3) is 0.529. The van der Waals surface area contributed by atoms with Gasteiger partial charge in [-0.15, -0.1) is 0 Å². The van der Waals surface area contributed by atoms with Gasteiger partial charge in [-0.2, -0.15) is 0 Å². The Bertz CT molecular complexity index is 525. The predicted octanol–water partition coefficient (Wildman–Crippen LogP) is 1.74. The van der Waals surface area contributed by atoms with Crippen molar-refractivity contribution in [3.8, 4) is 0 Å². The fourth-order valence-corrected chi connectivity index (χ4v) is 3.12. The minimum atomic E-state index is -0.385. The number of nitrogens with one attached hydrogen (secondary N) is 1. The maximum absolute atomic E-state index is 12.4. The molecular weight excluding hydrogens is 264 g/mol. The number of nitrogens with zero attached hydrogens (tertiary/aromatic N) is 1. The molecular formula is C17H22N2O2. The van der Waals surface area contributed by atoms with E-state index in [-0.39, 0.29) is 23.9 Å². The van der Waals surface area contributed by atoms with Crippen LogP contribution >= 0.6 is 0 Å². The van der Waals surface area contributed by atoms with Gasteiger partial charge in [0.1, 0.15) is 12.1 Å². The quantitative estimate of drug-likeness (QED) is 0.896. The van der Waals surface area contributed by atoms with Gasteiger partial charge in [0.15, 0.2) is 0 Å². The zero-order valence-corrected chi connectivity index (χ0v) is 12.4. The second-order valence-corrected chi connectivity index (χ2v) is 6.13. The third kappa shape index (κ3) is 3.09. The first kappa shape index (κ1) is 14.1. The Hall–Kier alpha value is -1.84. The molecule has 0 radical (unpaired) electrons. The van der Waals surface area contributed by atoms with Gasteiger partial charge in [0.2, 0.25) is 11.8 Å². The number of aryl methyl sites for hydroxylation is 1. The molecule has 4 heteroatoms. The van der Waals surface area contributed by atoms with E-state index in [2.05, 4.69) is 17.4 Å². The molecule has 0 bridgehead atoms. The van der Waals surface area contributed by atoms with Gasteiger partial charge in [-0.25, -0.2) is 0 Å². The van der Waals surface area contributed by atoms with E-state index in [1.54, 1.807) is 6.92 Å². The van der Waals surface area contributed by atoms with Crippen LogP contribution in [0.15, 0.2) is 30.3 Å². The van der Waals surface area contributed by atoms with E-state index in [0.717, 1.165) is 25.7 Å². The molecule has 3 rings (SSSR count). The van der Waals surface area contributed by atoms with Crippen LogP contribution in [0.5, 0.6) is 0 Å². The van der Waals surface area contributed by atoms with Gasteiger partial charge in [0, 0.05) is 6.54 Å². The number of hydrogen-bond donors (Lipinski definition) is 1. The fourth-order valence-electron chi connectivity index (χ4n) is 3.12. The average molecular weight is 286 g/mol. The van der Waals surface area contributed by atoms with Crippen LogP contribution in [0.3, 0.4) is 0 Å². The molecule has 1 aliphatic heterocycles. The number of carbonyl (C=O) groups excluding carboxylic acids is 2. The van der Waals surface area contributed by atoms with Crippen molar-refractivity contribution < 1.29 is 9.59 Å². The molecule has 112 valence electrons. The number of piperazine rings is 1. The molecule has 1 aliphatic carbocycles. The van der Waals surface area contributed by atoms with Crippen LogP contribution in [0.25, 0.3) is 0 Å². The van der Waals surface area contributed by atoms with Gasteiger partial charge in [-0.05, 0) is 44.1 Å². The lowest BCUT2D eigenvalue weighted by atomic mass is 10.0. The SMILES string of the molecule is CC1NC(=O)C(C2CC2)N(CCCc2ccccc2)C1=O. The molecule has 2 atom stereocenters.